The second-order valence-corrected chi connectivity index (χ2v) is 5.58. The van der Waals surface area contributed by atoms with Gasteiger partial charge in [-0.1, -0.05) is 28.5 Å². The fourth-order valence-corrected chi connectivity index (χ4v) is 2.44. The minimum Gasteiger partial charge on any atom is -0.356 e. The fourth-order valence-electron chi connectivity index (χ4n) is 0.784. The highest BCUT2D eigenvalue weighted by Crippen LogP contribution is 2.20. The van der Waals surface area contributed by atoms with Crippen molar-refractivity contribution in [1.29, 1.82) is 0 Å². The van der Waals surface area contributed by atoms with E-state index >= 15 is 0 Å². The third kappa shape index (κ3) is 13.7. The summed E-state index contributed by atoms with van der Waals surface area (Å²) < 4.78 is 5.06. The maximum absolute atomic E-state index is 9.81. The van der Waals surface area contributed by atoms with Crippen LogP contribution in [0.5, 0.6) is 0 Å². The van der Waals surface area contributed by atoms with E-state index in [0.29, 0.717) is 24.7 Å². The molecule has 0 aliphatic carbocycles. The molecule has 0 aromatic heterocycles. The average Bonchev–Trinajstić information content (AvgIpc) is 2.29. The van der Waals surface area contributed by atoms with Gasteiger partial charge in [-0.2, -0.15) is 0 Å². The Labute approximate surface area is 108 Å². The van der Waals surface area contributed by atoms with Crippen molar-refractivity contribution >= 4 is 21.6 Å². The van der Waals surface area contributed by atoms with E-state index in [0.717, 1.165) is 6.42 Å². The molecule has 0 radical (unpaired) electrons. The SMILES string of the molecule is CCCNC(O)OCCSSCCO[N+](=O)[O-]. The Hall–Kier alpha value is -0.220. The highest BCUT2D eigenvalue weighted by Gasteiger charge is 2.01. The topological polar surface area (TPSA) is 93.9 Å². The monoisotopic (exact) mass is 286 g/mol. The lowest BCUT2D eigenvalue weighted by Crippen LogP contribution is -2.32. The molecule has 0 saturated carbocycles. The Kier molecular flexibility index (Phi) is 12.1. The summed E-state index contributed by atoms with van der Waals surface area (Å²) in [6, 6.07) is 0. The molecule has 0 spiro atoms. The number of ether oxygens (including phenoxy) is 1. The van der Waals surface area contributed by atoms with Gasteiger partial charge in [-0.05, 0) is 13.0 Å². The zero-order chi connectivity index (χ0) is 12.9. The predicted octanol–water partition coefficient (Wildman–Crippen LogP) is 0.868. The maximum Gasteiger partial charge on any atom is 0.294 e. The summed E-state index contributed by atoms with van der Waals surface area (Å²) in [6.45, 7) is 3.22. The van der Waals surface area contributed by atoms with Crippen LogP contribution in [-0.2, 0) is 9.57 Å². The van der Waals surface area contributed by atoms with E-state index in [4.69, 9.17) is 4.74 Å². The predicted molar refractivity (Wildman–Crippen MR) is 68.1 cm³/mol. The van der Waals surface area contributed by atoms with Gasteiger partial charge in [0.15, 0.2) is 0 Å². The molecular weight excluding hydrogens is 268 g/mol. The number of aliphatic hydroxyl groups is 1. The second kappa shape index (κ2) is 12.2. The zero-order valence-corrected chi connectivity index (χ0v) is 11.3. The first-order valence-electron chi connectivity index (χ1n) is 5.21. The molecule has 0 aliphatic rings. The van der Waals surface area contributed by atoms with Crippen molar-refractivity contribution in [2.24, 2.45) is 0 Å². The standard InChI is InChI=1S/C8H18N2O5S2/c1-2-3-9-8(11)14-4-6-16-17-7-5-15-10(12)13/h8-9,11H,2-7H2,1H3. The van der Waals surface area contributed by atoms with E-state index < -0.39 is 11.5 Å². The summed E-state index contributed by atoms with van der Waals surface area (Å²) in [5.41, 5.74) is 0. The quantitative estimate of drug-likeness (QED) is 0.179. The second-order valence-electron chi connectivity index (χ2n) is 2.88. The lowest BCUT2D eigenvalue weighted by Gasteiger charge is -2.12. The van der Waals surface area contributed by atoms with Crippen LogP contribution in [0.25, 0.3) is 0 Å². The highest BCUT2D eigenvalue weighted by atomic mass is 33.1. The van der Waals surface area contributed by atoms with Gasteiger partial charge in [0.2, 0.25) is 6.41 Å². The molecule has 0 aliphatic heterocycles. The van der Waals surface area contributed by atoms with Crippen molar-refractivity contribution in [3.05, 3.63) is 10.1 Å². The summed E-state index contributed by atoms with van der Waals surface area (Å²) >= 11 is 0. The van der Waals surface area contributed by atoms with Crippen molar-refractivity contribution in [1.82, 2.24) is 5.32 Å². The summed E-state index contributed by atoms with van der Waals surface area (Å²) in [5, 5.41) is 21.0. The summed E-state index contributed by atoms with van der Waals surface area (Å²) in [5.74, 6) is 1.25. The van der Waals surface area contributed by atoms with Crippen LogP contribution >= 0.6 is 21.6 Å². The number of hydrogen-bond donors (Lipinski definition) is 2. The Bertz CT molecular complexity index is 199. The van der Waals surface area contributed by atoms with Crippen molar-refractivity contribution in [3.63, 3.8) is 0 Å². The molecule has 102 valence electrons. The number of hydrogen-bond acceptors (Lipinski definition) is 8. The Morgan fingerprint density at radius 3 is 2.65 bits per heavy atom. The van der Waals surface area contributed by atoms with E-state index in [1.54, 1.807) is 0 Å². The van der Waals surface area contributed by atoms with Crippen molar-refractivity contribution in [2.45, 2.75) is 19.8 Å². The molecular formula is C8H18N2O5S2. The van der Waals surface area contributed by atoms with Gasteiger partial charge in [0.25, 0.3) is 5.09 Å². The lowest BCUT2D eigenvalue weighted by molar-refractivity contribution is -0.756. The highest BCUT2D eigenvalue weighted by molar-refractivity contribution is 8.76. The molecule has 0 bridgehead atoms. The largest absolute Gasteiger partial charge is 0.356 e. The maximum atomic E-state index is 9.81. The normalized spacial score (nSPS) is 12.4. The van der Waals surface area contributed by atoms with Crippen molar-refractivity contribution in [3.8, 4) is 0 Å². The van der Waals surface area contributed by atoms with Crippen LogP contribution in [0.3, 0.4) is 0 Å². The van der Waals surface area contributed by atoms with E-state index in [-0.39, 0.29) is 6.61 Å². The fraction of sp³-hybridized carbons (Fsp3) is 1.00. The van der Waals surface area contributed by atoms with Gasteiger partial charge in [0, 0.05) is 11.5 Å². The van der Waals surface area contributed by atoms with Crippen LogP contribution in [0, 0.1) is 10.1 Å². The Morgan fingerprint density at radius 1 is 1.41 bits per heavy atom. The van der Waals surface area contributed by atoms with Crippen LogP contribution in [0.15, 0.2) is 0 Å². The molecule has 0 amide bonds. The summed E-state index contributed by atoms with van der Waals surface area (Å²) in [4.78, 5) is 13.9. The van der Waals surface area contributed by atoms with Gasteiger partial charge < -0.3 is 14.7 Å². The van der Waals surface area contributed by atoms with Gasteiger partial charge in [0.05, 0.1) is 6.61 Å². The van der Waals surface area contributed by atoms with Crippen LogP contribution in [0.2, 0.25) is 0 Å². The molecule has 1 atom stereocenters. The zero-order valence-electron chi connectivity index (χ0n) is 9.66. The van der Waals surface area contributed by atoms with Crippen molar-refractivity contribution < 1.29 is 19.8 Å². The van der Waals surface area contributed by atoms with Crippen LogP contribution in [0.4, 0.5) is 0 Å². The minimum absolute atomic E-state index is 0.0895. The number of rotatable bonds is 12. The number of nitrogens with zero attached hydrogens (tertiary/aromatic N) is 1. The molecule has 0 saturated heterocycles. The first-order valence-corrected chi connectivity index (χ1v) is 7.70. The summed E-state index contributed by atoms with van der Waals surface area (Å²) in [6.07, 6.45) is 0.0138. The molecule has 1 unspecified atom stereocenters. The minimum atomic E-state index is -0.918. The van der Waals surface area contributed by atoms with Gasteiger partial charge in [-0.15, -0.1) is 10.1 Å². The molecule has 0 heterocycles. The van der Waals surface area contributed by atoms with Gasteiger partial charge in [-0.25, -0.2) is 0 Å². The van der Waals surface area contributed by atoms with E-state index in [1.807, 2.05) is 6.92 Å². The Balaban J connectivity index is 3.10. The molecule has 0 aromatic rings. The molecule has 0 rings (SSSR count). The van der Waals surface area contributed by atoms with Crippen LogP contribution in [-0.4, -0.2) is 47.9 Å². The number of nitrogens with one attached hydrogen (secondary N) is 1. The van der Waals surface area contributed by atoms with E-state index in [9.17, 15) is 15.2 Å². The smallest absolute Gasteiger partial charge is 0.294 e. The first-order chi connectivity index (χ1) is 8.16. The molecule has 0 fully saturated rings. The van der Waals surface area contributed by atoms with E-state index in [1.165, 1.54) is 21.6 Å². The lowest BCUT2D eigenvalue weighted by atomic mass is 10.5. The van der Waals surface area contributed by atoms with Gasteiger partial charge in [-0.3, -0.25) is 5.32 Å². The van der Waals surface area contributed by atoms with Gasteiger partial charge >= 0.3 is 0 Å². The molecule has 0 aromatic carbocycles. The van der Waals surface area contributed by atoms with Crippen LogP contribution in [0.1, 0.15) is 13.3 Å². The third-order valence-corrected chi connectivity index (χ3v) is 3.79. The summed E-state index contributed by atoms with van der Waals surface area (Å²) in [7, 11) is 2.99. The van der Waals surface area contributed by atoms with Crippen molar-refractivity contribution in [2.75, 3.05) is 31.3 Å². The molecule has 9 heteroatoms. The molecule has 2 N–H and O–H groups in total. The number of aliphatic hydroxyl groups excluding tert-OH is 1. The average molecular weight is 286 g/mol. The van der Waals surface area contributed by atoms with E-state index in [2.05, 4.69) is 10.2 Å². The molecule has 17 heavy (non-hydrogen) atoms. The Morgan fingerprint density at radius 2 is 2.06 bits per heavy atom. The molecule has 7 nitrogen and oxygen atoms in total. The first kappa shape index (κ1) is 16.8. The third-order valence-electron chi connectivity index (χ3n) is 1.46. The van der Waals surface area contributed by atoms with Gasteiger partial charge in [0.1, 0.15) is 6.61 Å². The van der Waals surface area contributed by atoms with Crippen LogP contribution < -0.4 is 5.32 Å².